The van der Waals surface area contributed by atoms with Crippen LogP contribution in [0.25, 0.3) is 0 Å². The SMILES string of the molecule is C[N+](C)(Cc1ccc(N)cc1)Cc1ccc(N)cc1. The van der Waals surface area contributed by atoms with Crippen molar-refractivity contribution in [1.82, 2.24) is 0 Å². The molecule has 3 nitrogen and oxygen atoms in total. The average Bonchev–Trinajstić information content (AvgIpc) is 2.34. The monoisotopic (exact) mass is 256 g/mol. The van der Waals surface area contributed by atoms with Gasteiger partial charge >= 0.3 is 0 Å². The first-order chi connectivity index (χ1) is 8.94. The molecule has 2 rings (SSSR count). The summed E-state index contributed by atoms with van der Waals surface area (Å²) < 4.78 is 0.897. The van der Waals surface area contributed by atoms with E-state index in [0.29, 0.717) is 0 Å². The van der Waals surface area contributed by atoms with E-state index >= 15 is 0 Å². The van der Waals surface area contributed by atoms with Gasteiger partial charge in [0, 0.05) is 22.5 Å². The van der Waals surface area contributed by atoms with Crippen LogP contribution in [-0.4, -0.2) is 18.6 Å². The molecule has 0 aliphatic heterocycles. The predicted molar refractivity (Wildman–Crippen MR) is 81.2 cm³/mol. The van der Waals surface area contributed by atoms with E-state index in [-0.39, 0.29) is 0 Å². The van der Waals surface area contributed by atoms with Crippen LogP contribution in [0.5, 0.6) is 0 Å². The number of hydrogen-bond donors (Lipinski definition) is 2. The molecule has 19 heavy (non-hydrogen) atoms. The standard InChI is InChI=1S/C16H22N3/c1-19(2,11-13-3-7-15(17)8-4-13)12-14-5-9-16(18)10-6-14/h3-10H,11-12,17-18H2,1-2H3/q+1. The van der Waals surface area contributed by atoms with Crippen molar-refractivity contribution in [3.05, 3.63) is 59.7 Å². The van der Waals surface area contributed by atoms with Crippen LogP contribution < -0.4 is 11.5 Å². The molecule has 2 aromatic rings. The molecule has 0 spiro atoms. The van der Waals surface area contributed by atoms with E-state index in [1.807, 2.05) is 24.3 Å². The van der Waals surface area contributed by atoms with Crippen LogP contribution in [0.4, 0.5) is 11.4 Å². The largest absolute Gasteiger partial charge is 0.399 e. The smallest absolute Gasteiger partial charge is 0.104 e. The summed E-state index contributed by atoms with van der Waals surface area (Å²) in [6.45, 7) is 1.95. The van der Waals surface area contributed by atoms with Gasteiger partial charge in [0.15, 0.2) is 0 Å². The first-order valence-corrected chi connectivity index (χ1v) is 6.45. The Morgan fingerprint density at radius 2 is 1.00 bits per heavy atom. The van der Waals surface area contributed by atoms with Crippen molar-refractivity contribution in [2.75, 3.05) is 25.6 Å². The van der Waals surface area contributed by atoms with E-state index in [2.05, 4.69) is 38.4 Å². The summed E-state index contributed by atoms with van der Waals surface area (Å²) in [5.74, 6) is 0. The minimum atomic E-state index is 0.813. The highest BCUT2D eigenvalue weighted by Crippen LogP contribution is 2.16. The summed E-state index contributed by atoms with van der Waals surface area (Å²) in [4.78, 5) is 0. The van der Waals surface area contributed by atoms with Crippen LogP contribution in [0, 0.1) is 0 Å². The van der Waals surface area contributed by atoms with Crippen molar-refractivity contribution in [2.24, 2.45) is 0 Å². The van der Waals surface area contributed by atoms with Gasteiger partial charge in [0.25, 0.3) is 0 Å². The fourth-order valence-electron chi connectivity index (χ4n) is 2.29. The third-order valence-electron chi connectivity index (χ3n) is 3.18. The van der Waals surface area contributed by atoms with Gasteiger partial charge in [-0.05, 0) is 24.3 Å². The van der Waals surface area contributed by atoms with Crippen molar-refractivity contribution in [2.45, 2.75) is 13.1 Å². The van der Waals surface area contributed by atoms with Gasteiger partial charge in [-0.1, -0.05) is 24.3 Å². The zero-order valence-corrected chi connectivity index (χ0v) is 11.6. The number of nitrogen functional groups attached to an aromatic ring is 2. The molecule has 2 aromatic carbocycles. The molecule has 0 heterocycles. The fourth-order valence-corrected chi connectivity index (χ4v) is 2.29. The summed E-state index contributed by atoms with van der Waals surface area (Å²) in [5.41, 5.74) is 15.6. The molecular formula is C16H22N3+. The number of benzene rings is 2. The Balaban J connectivity index is 2.05. The van der Waals surface area contributed by atoms with Crippen molar-refractivity contribution in [3.63, 3.8) is 0 Å². The van der Waals surface area contributed by atoms with Crippen LogP contribution in [0.15, 0.2) is 48.5 Å². The van der Waals surface area contributed by atoms with Gasteiger partial charge < -0.3 is 16.0 Å². The van der Waals surface area contributed by atoms with E-state index < -0.39 is 0 Å². The van der Waals surface area contributed by atoms with E-state index in [0.717, 1.165) is 28.9 Å². The third kappa shape index (κ3) is 4.00. The lowest BCUT2D eigenvalue weighted by atomic mass is 10.1. The maximum Gasteiger partial charge on any atom is 0.104 e. The van der Waals surface area contributed by atoms with Crippen LogP contribution in [0.3, 0.4) is 0 Å². The Morgan fingerprint density at radius 3 is 1.32 bits per heavy atom. The van der Waals surface area contributed by atoms with Gasteiger partial charge in [-0.15, -0.1) is 0 Å². The lowest BCUT2D eigenvalue weighted by molar-refractivity contribution is -0.916. The summed E-state index contributed by atoms with van der Waals surface area (Å²) in [5, 5.41) is 0. The normalized spacial score (nSPS) is 11.5. The highest BCUT2D eigenvalue weighted by molar-refractivity contribution is 5.39. The maximum atomic E-state index is 5.71. The molecule has 3 heteroatoms. The summed E-state index contributed by atoms with van der Waals surface area (Å²) in [7, 11) is 4.46. The molecule has 0 atom stereocenters. The quantitative estimate of drug-likeness (QED) is 0.652. The second-order valence-corrected chi connectivity index (χ2v) is 5.74. The number of nitrogens with zero attached hydrogens (tertiary/aromatic N) is 1. The van der Waals surface area contributed by atoms with Gasteiger partial charge in [0.1, 0.15) is 13.1 Å². The van der Waals surface area contributed by atoms with Crippen molar-refractivity contribution in [1.29, 1.82) is 0 Å². The molecule has 0 amide bonds. The van der Waals surface area contributed by atoms with Crippen molar-refractivity contribution in [3.8, 4) is 0 Å². The molecule has 0 aliphatic carbocycles. The summed E-state index contributed by atoms with van der Waals surface area (Å²) in [6.07, 6.45) is 0. The van der Waals surface area contributed by atoms with Gasteiger partial charge in [-0.2, -0.15) is 0 Å². The number of rotatable bonds is 4. The zero-order chi connectivity index (χ0) is 13.9. The second kappa shape index (κ2) is 5.33. The lowest BCUT2D eigenvalue weighted by Gasteiger charge is -2.30. The first kappa shape index (κ1) is 13.4. The van der Waals surface area contributed by atoms with E-state index in [1.165, 1.54) is 11.1 Å². The van der Waals surface area contributed by atoms with Crippen molar-refractivity contribution < 1.29 is 4.48 Å². The topological polar surface area (TPSA) is 52.0 Å². The first-order valence-electron chi connectivity index (χ1n) is 6.45. The Bertz CT molecular complexity index is 477. The summed E-state index contributed by atoms with van der Waals surface area (Å²) in [6, 6.07) is 16.2. The second-order valence-electron chi connectivity index (χ2n) is 5.74. The lowest BCUT2D eigenvalue weighted by Crippen LogP contribution is -2.37. The van der Waals surface area contributed by atoms with E-state index in [4.69, 9.17) is 11.5 Å². The Morgan fingerprint density at radius 1 is 0.684 bits per heavy atom. The molecule has 0 saturated carbocycles. The summed E-state index contributed by atoms with van der Waals surface area (Å²) >= 11 is 0. The minimum Gasteiger partial charge on any atom is -0.399 e. The molecule has 0 aromatic heterocycles. The average molecular weight is 256 g/mol. The zero-order valence-electron chi connectivity index (χ0n) is 11.6. The number of nitrogens with two attached hydrogens (primary N) is 2. The van der Waals surface area contributed by atoms with Crippen molar-refractivity contribution >= 4 is 11.4 Å². The maximum absolute atomic E-state index is 5.71. The Hall–Kier alpha value is -2.00. The Labute approximate surface area is 115 Å². The molecule has 0 aliphatic rings. The Kier molecular flexibility index (Phi) is 3.76. The van der Waals surface area contributed by atoms with Crippen LogP contribution in [0.2, 0.25) is 0 Å². The molecule has 0 radical (unpaired) electrons. The third-order valence-corrected chi connectivity index (χ3v) is 3.18. The number of anilines is 2. The van der Waals surface area contributed by atoms with Crippen LogP contribution >= 0.6 is 0 Å². The minimum absolute atomic E-state index is 0.813. The highest BCUT2D eigenvalue weighted by atomic mass is 15.3. The van der Waals surface area contributed by atoms with Crippen LogP contribution in [-0.2, 0) is 13.1 Å². The molecule has 0 bridgehead atoms. The number of hydrogen-bond acceptors (Lipinski definition) is 2. The van der Waals surface area contributed by atoms with Crippen LogP contribution in [0.1, 0.15) is 11.1 Å². The number of quaternary nitrogens is 1. The van der Waals surface area contributed by atoms with Gasteiger partial charge in [-0.3, -0.25) is 0 Å². The van der Waals surface area contributed by atoms with Gasteiger partial charge in [0.05, 0.1) is 14.1 Å². The fraction of sp³-hybridized carbons (Fsp3) is 0.250. The molecule has 4 N–H and O–H groups in total. The van der Waals surface area contributed by atoms with E-state index in [1.54, 1.807) is 0 Å². The molecule has 0 unspecified atom stereocenters. The highest BCUT2D eigenvalue weighted by Gasteiger charge is 2.16. The van der Waals surface area contributed by atoms with E-state index in [9.17, 15) is 0 Å². The molecular weight excluding hydrogens is 234 g/mol. The molecule has 100 valence electrons. The molecule has 0 fully saturated rings. The predicted octanol–water partition coefficient (Wildman–Crippen LogP) is 2.63. The van der Waals surface area contributed by atoms with Gasteiger partial charge in [-0.25, -0.2) is 0 Å². The van der Waals surface area contributed by atoms with Gasteiger partial charge in [0.2, 0.25) is 0 Å². The molecule has 0 saturated heterocycles.